The summed E-state index contributed by atoms with van der Waals surface area (Å²) in [5, 5.41) is 0.706. The molecule has 0 radical (unpaired) electrons. The molecule has 2 heterocycles. The lowest BCUT2D eigenvalue weighted by atomic mass is 9.88. The molecule has 1 fully saturated rings. The summed E-state index contributed by atoms with van der Waals surface area (Å²) in [6.07, 6.45) is 1.74. The van der Waals surface area contributed by atoms with Gasteiger partial charge in [0.15, 0.2) is 17.3 Å². The molecule has 0 atom stereocenters. The number of nitrogens with zero attached hydrogens (tertiary/aromatic N) is 1. The molecule has 2 aliphatic rings. The van der Waals surface area contributed by atoms with Crippen LogP contribution in [0.25, 0.3) is 0 Å². The summed E-state index contributed by atoms with van der Waals surface area (Å²) in [4.78, 5) is 15.2. The molecule has 0 unspecified atom stereocenters. The lowest BCUT2D eigenvalue weighted by molar-refractivity contribution is 0.0826. The van der Waals surface area contributed by atoms with Crippen LogP contribution in [0.1, 0.15) is 23.2 Å². The average Bonchev–Trinajstić information content (AvgIpc) is 2.75. The van der Waals surface area contributed by atoms with Gasteiger partial charge >= 0.3 is 0 Å². The third-order valence-electron chi connectivity index (χ3n) is 5.27. The lowest BCUT2D eigenvalue weighted by Gasteiger charge is -2.31. The Balaban J connectivity index is 1.24. The molecule has 2 aliphatic heterocycles. The van der Waals surface area contributed by atoms with Gasteiger partial charge in [0.1, 0.15) is 25.6 Å². The van der Waals surface area contributed by atoms with Crippen molar-refractivity contribution >= 4 is 17.4 Å². The van der Waals surface area contributed by atoms with Gasteiger partial charge in [-0.2, -0.15) is 0 Å². The highest BCUT2D eigenvalue weighted by Gasteiger charge is 2.26. The van der Waals surface area contributed by atoms with Crippen molar-refractivity contribution in [1.29, 1.82) is 0 Å². The minimum absolute atomic E-state index is 0.0657. The molecule has 0 amide bonds. The summed E-state index contributed by atoms with van der Waals surface area (Å²) >= 11 is 5.88. The van der Waals surface area contributed by atoms with Crippen LogP contribution in [0.4, 0.5) is 0 Å². The molecule has 0 aromatic heterocycles. The first kappa shape index (κ1) is 19.1. The standard InChI is InChI=1S/C22H24ClNO4/c23-18-2-4-19(5-3-18)26-12-11-24-9-7-16(8-10-24)22(25)17-1-6-20-21(15-17)28-14-13-27-20/h1-6,15-16H,7-14H2. The van der Waals surface area contributed by atoms with Gasteiger partial charge in [-0.25, -0.2) is 0 Å². The third kappa shape index (κ3) is 4.59. The Kier molecular flexibility index (Phi) is 6.03. The summed E-state index contributed by atoms with van der Waals surface area (Å²) in [5.74, 6) is 2.49. The second-order valence-corrected chi connectivity index (χ2v) is 7.58. The van der Waals surface area contributed by atoms with Crippen molar-refractivity contribution in [2.75, 3.05) is 39.5 Å². The quantitative estimate of drug-likeness (QED) is 0.682. The maximum absolute atomic E-state index is 12.9. The molecule has 0 N–H and O–H groups in total. The van der Waals surface area contributed by atoms with Gasteiger partial charge in [0, 0.05) is 23.0 Å². The number of likely N-dealkylation sites (tertiary alicyclic amines) is 1. The maximum Gasteiger partial charge on any atom is 0.166 e. The Labute approximate surface area is 170 Å². The van der Waals surface area contributed by atoms with Crippen LogP contribution in [0, 0.1) is 5.92 Å². The molecule has 0 bridgehead atoms. The van der Waals surface area contributed by atoms with Crippen LogP contribution in [0.2, 0.25) is 5.02 Å². The predicted molar refractivity (Wildman–Crippen MR) is 108 cm³/mol. The van der Waals surface area contributed by atoms with Crippen LogP contribution in [-0.4, -0.2) is 50.1 Å². The summed E-state index contributed by atoms with van der Waals surface area (Å²) in [5.41, 5.74) is 0.716. The third-order valence-corrected chi connectivity index (χ3v) is 5.53. The van der Waals surface area contributed by atoms with Gasteiger partial charge in [-0.1, -0.05) is 11.6 Å². The van der Waals surface area contributed by atoms with E-state index in [4.69, 9.17) is 25.8 Å². The summed E-state index contributed by atoms with van der Waals surface area (Å²) in [6, 6.07) is 12.9. The van der Waals surface area contributed by atoms with Gasteiger partial charge < -0.3 is 14.2 Å². The molecular formula is C22H24ClNO4. The smallest absolute Gasteiger partial charge is 0.166 e. The number of ether oxygens (including phenoxy) is 3. The highest BCUT2D eigenvalue weighted by atomic mass is 35.5. The fourth-order valence-corrected chi connectivity index (χ4v) is 3.80. The molecule has 6 heteroatoms. The van der Waals surface area contributed by atoms with E-state index in [9.17, 15) is 4.79 Å². The molecule has 5 nitrogen and oxygen atoms in total. The van der Waals surface area contributed by atoms with Crippen molar-refractivity contribution in [2.45, 2.75) is 12.8 Å². The number of ketones is 1. The van der Waals surface area contributed by atoms with E-state index in [1.165, 1.54) is 0 Å². The van der Waals surface area contributed by atoms with Crippen molar-refractivity contribution in [2.24, 2.45) is 5.92 Å². The molecule has 2 aromatic rings. The Morgan fingerprint density at radius 1 is 1.04 bits per heavy atom. The van der Waals surface area contributed by atoms with Gasteiger partial charge in [0.25, 0.3) is 0 Å². The summed E-state index contributed by atoms with van der Waals surface area (Å²) in [7, 11) is 0. The Bertz CT molecular complexity index is 816. The summed E-state index contributed by atoms with van der Waals surface area (Å²) in [6.45, 7) is 4.38. The molecule has 0 aliphatic carbocycles. The molecule has 0 saturated carbocycles. The minimum atomic E-state index is 0.0657. The SMILES string of the molecule is O=C(c1ccc2c(c1)OCCO2)C1CCN(CCOc2ccc(Cl)cc2)CC1. The highest BCUT2D eigenvalue weighted by molar-refractivity contribution is 6.30. The largest absolute Gasteiger partial charge is 0.492 e. The molecular weight excluding hydrogens is 378 g/mol. The van der Waals surface area contributed by atoms with E-state index in [0.29, 0.717) is 36.2 Å². The maximum atomic E-state index is 12.9. The Hall–Kier alpha value is -2.24. The van der Waals surface area contributed by atoms with E-state index in [-0.39, 0.29) is 11.7 Å². The molecule has 1 saturated heterocycles. The number of benzene rings is 2. The number of Topliss-reactive ketones (excluding diaryl/α,β-unsaturated/α-hetero) is 1. The van der Waals surface area contributed by atoms with Crippen LogP contribution in [0.3, 0.4) is 0 Å². The number of hydrogen-bond acceptors (Lipinski definition) is 5. The minimum Gasteiger partial charge on any atom is -0.492 e. The average molecular weight is 402 g/mol. The van der Waals surface area contributed by atoms with Crippen molar-refractivity contribution < 1.29 is 19.0 Å². The number of carbonyl (C=O) groups excluding carboxylic acids is 1. The Morgan fingerprint density at radius 2 is 1.75 bits per heavy atom. The monoisotopic (exact) mass is 401 g/mol. The molecule has 2 aromatic carbocycles. The first-order valence-electron chi connectivity index (χ1n) is 9.73. The van der Waals surface area contributed by atoms with Crippen LogP contribution in [-0.2, 0) is 0 Å². The van der Waals surface area contributed by atoms with Gasteiger partial charge in [0.05, 0.1) is 0 Å². The molecule has 28 heavy (non-hydrogen) atoms. The molecule has 0 spiro atoms. The second kappa shape index (κ2) is 8.84. The van der Waals surface area contributed by atoms with E-state index >= 15 is 0 Å². The number of carbonyl (C=O) groups is 1. The predicted octanol–water partition coefficient (Wildman–Crippen LogP) is 4.08. The fourth-order valence-electron chi connectivity index (χ4n) is 3.67. The number of hydrogen-bond donors (Lipinski definition) is 0. The van der Waals surface area contributed by atoms with Gasteiger partial charge in [0.2, 0.25) is 0 Å². The van der Waals surface area contributed by atoms with E-state index in [1.54, 1.807) is 0 Å². The zero-order valence-electron chi connectivity index (χ0n) is 15.7. The number of fused-ring (bicyclic) bond motifs is 1. The van der Waals surface area contributed by atoms with Crippen LogP contribution < -0.4 is 14.2 Å². The van der Waals surface area contributed by atoms with Crippen LogP contribution in [0.15, 0.2) is 42.5 Å². The van der Waals surface area contributed by atoms with Gasteiger partial charge in [-0.05, 0) is 68.4 Å². The molecule has 4 rings (SSSR count). The number of rotatable bonds is 6. The van der Waals surface area contributed by atoms with Crippen molar-refractivity contribution in [1.82, 2.24) is 4.90 Å². The molecule has 148 valence electrons. The highest BCUT2D eigenvalue weighted by Crippen LogP contribution is 2.32. The normalized spacial score (nSPS) is 17.3. The summed E-state index contributed by atoms with van der Waals surface area (Å²) < 4.78 is 16.9. The van der Waals surface area contributed by atoms with E-state index in [0.717, 1.165) is 44.0 Å². The Morgan fingerprint density at radius 3 is 2.50 bits per heavy atom. The zero-order chi connectivity index (χ0) is 19.3. The first-order chi connectivity index (χ1) is 13.7. The van der Waals surface area contributed by atoms with Crippen LogP contribution >= 0.6 is 11.6 Å². The van der Waals surface area contributed by atoms with Crippen molar-refractivity contribution in [3.63, 3.8) is 0 Å². The van der Waals surface area contributed by atoms with Gasteiger partial charge in [-0.15, -0.1) is 0 Å². The first-order valence-corrected chi connectivity index (χ1v) is 10.1. The number of halogens is 1. The second-order valence-electron chi connectivity index (χ2n) is 7.14. The van der Waals surface area contributed by atoms with E-state index < -0.39 is 0 Å². The van der Waals surface area contributed by atoms with E-state index in [1.807, 2.05) is 42.5 Å². The van der Waals surface area contributed by atoms with Gasteiger partial charge in [-0.3, -0.25) is 9.69 Å². The fraction of sp³-hybridized carbons (Fsp3) is 0.409. The van der Waals surface area contributed by atoms with Crippen LogP contribution in [0.5, 0.6) is 17.2 Å². The number of piperidine rings is 1. The van der Waals surface area contributed by atoms with Crippen molar-refractivity contribution in [3.05, 3.63) is 53.1 Å². The lowest BCUT2D eigenvalue weighted by Crippen LogP contribution is -2.38. The van der Waals surface area contributed by atoms with E-state index in [2.05, 4.69) is 4.90 Å². The van der Waals surface area contributed by atoms with Crippen molar-refractivity contribution in [3.8, 4) is 17.2 Å². The zero-order valence-corrected chi connectivity index (χ0v) is 16.5. The topological polar surface area (TPSA) is 48.0 Å².